The van der Waals surface area contributed by atoms with E-state index in [0.29, 0.717) is 0 Å². The van der Waals surface area contributed by atoms with E-state index >= 15 is 0 Å². The zero-order valence-corrected chi connectivity index (χ0v) is 7.99. The highest BCUT2D eigenvalue weighted by molar-refractivity contribution is 5.98. The number of nitrogens with one attached hydrogen (secondary N) is 3. The van der Waals surface area contributed by atoms with Crippen LogP contribution in [0.25, 0.3) is 0 Å². The van der Waals surface area contributed by atoms with Crippen molar-refractivity contribution in [2.45, 2.75) is 12.5 Å². The maximum Gasteiger partial charge on any atom is 0.243 e. The summed E-state index contributed by atoms with van der Waals surface area (Å²) in [6.45, 7) is 0. The predicted octanol–water partition coefficient (Wildman–Crippen LogP) is 0.0182. The molecule has 2 amide bonds. The lowest BCUT2D eigenvalue weighted by Gasteiger charge is -2.09. The molecule has 0 bridgehead atoms. The summed E-state index contributed by atoms with van der Waals surface area (Å²) in [5.41, 5.74) is 5.73. The van der Waals surface area contributed by atoms with Gasteiger partial charge in [0.25, 0.3) is 0 Å². The maximum atomic E-state index is 11.6. The van der Waals surface area contributed by atoms with Gasteiger partial charge in [-0.1, -0.05) is 18.2 Å². The highest BCUT2D eigenvalue weighted by Gasteiger charge is 2.27. The Bertz CT molecular complexity index is 378. The number of hydrogen-bond donors (Lipinski definition) is 3. The molecule has 1 heterocycles. The average Bonchev–Trinajstić information content (AvgIpc) is 2.66. The number of amides is 2. The van der Waals surface area contributed by atoms with Gasteiger partial charge in [0.2, 0.25) is 11.8 Å². The summed E-state index contributed by atoms with van der Waals surface area (Å²) in [5.74, 6) is -0.372. The van der Waals surface area contributed by atoms with Crippen molar-refractivity contribution in [2.24, 2.45) is 0 Å². The van der Waals surface area contributed by atoms with Crippen molar-refractivity contribution in [2.75, 3.05) is 5.32 Å². The van der Waals surface area contributed by atoms with E-state index in [2.05, 4.69) is 16.2 Å². The van der Waals surface area contributed by atoms with E-state index in [1.54, 1.807) is 12.1 Å². The summed E-state index contributed by atoms with van der Waals surface area (Å²) in [7, 11) is 0. The smallest absolute Gasteiger partial charge is 0.243 e. The Labute approximate surface area is 86.8 Å². The first-order chi connectivity index (χ1) is 7.25. The number of carbonyl (C=O) groups is 2. The third-order valence-electron chi connectivity index (χ3n) is 2.13. The van der Waals surface area contributed by atoms with Crippen LogP contribution in [0.1, 0.15) is 6.42 Å². The third-order valence-corrected chi connectivity index (χ3v) is 2.13. The fraction of sp³-hybridized carbons (Fsp3) is 0.200. The standard InChI is InChI=1S/C10H11N3O2/c14-9-6-8(12-13-9)10(15)11-7-4-2-1-3-5-7/h1-5,8,12H,6H2,(H,11,15)(H,13,14). The van der Waals surface area contributed by atoms with Gasteiger partial charge in [0.05, 0.1) is 6.42 Å². The van der Waals surface area contributed by atoms with Crippen molar-refractivity contribution >= 4 is 17.5 Å². The molecule has 0 radical (unpaired) electrons. The molecule has 1 aromatic rings. The van der Waals surface area contributed by atoms with Gasteiger partial charge in [-0.05, 0) is 12.1 Å². The van der Waals surface area contributed by atoms with E-state index in [-0.39, 0.29) is 18.2 Å². The summed E-state index contributed by atoms with van der Waals surface area (Å²) >= 11 is 0. The van der Waals surface area contributed by atoms with E-state index in [1.165, 1.54) is 0 Å². The minimum atomic E-state index is -0.488. The minimum absolute atomic E-state index is 0.164. The van der Waals surface area contributed by atoms with Crippen LogP contribution in [0.3, 0.4) is 0 Å². The second kappa shape index (κ2) is 4.10. The summed E-state index contributed by atoms with van der Waals surface area (Å²) in [6.07, 6.45) is 0.179. The summed E-state index contributed by atoms with van der Waals surface area (Å²) in [5, 5.41) is 2.71. The first kappa shape index (κ1) is 9.67. The van der Waals surface area contributed by atoms with Gasteiger partial charge in [-0.25, -0.2) is 5.43 Å². The maximum absolute atomic E-state index is 11.6. The first-order valence-corrected chi connectivity index (χ1v) is 4.66. The van der Waals surface area contributed by atoms with Gasteiger partial charge in [0.1, 0.15) is 6.04 Å². The van der Waals surface area contributed by atoms with Gasteiger partial charge in [-0.15, -0.1) is 0 Å². The van der Waals surface area contributed by atoms with Crippen molar-refractivity contribution in [1.82, 2.24) is 10.9 Å². The summed E-state index contributed by atoms with van der Waals surface area (Å²) in [4.78, 5) is 22.5. The quantitative estimate of drug-likeness (QED) is 0.637. The average molecular weight is 205 g/mol. The lowest BCUT2D eigenvalue weighted by Crippen LogP contribution is -2.39. The van der Waals surface area contributed by atoms with Gasteiger partial charge in [0.15, 0.2) is 0 Å². The number of hydrogen-bond acceptors (Lipinski definition) is 3. The lowest BCUT2D eigenvalue weighted by molar-refractivity contribution is -0.121. The van der Waals surface area contributed by atoms with Crippen LogP contribution in [-0.4, -0.2) is 17.9 Å². The summed E-state index contributed by atoms with van der Waals surface area (Å²) in [6, 6.07) is 8.64. The molecule has 1 unspecified atom stereocenters. The van der Waals surface area contributed by atoms with Gasteiger partial charge in [-0.2, -0.15) is 0 Å². The number of benzene rings is 1. The van der Waals surface area contributed by atoms with E-state index in [4.69, 9.17) is 0 Å². The van der Waals surface area contributed by atoms with E-state index in [0.717, 1.165) is 5.69 Å². The zero-order chi connectivity index (χ0) is 10.7. The van der Waals surface area contributed by atoms with Crippen molar-refractivity contribution in [1.29, 1.82) is 0 Å². The van der Waals surface area contributed by atoms with Crippen LogP contribution >= 0.6 is 0 Å². The SMILES string of the molecule is O=C1CC(C(=O)Nc2ccccc2)NN1. The minimum Gasteiger partial charge on any atom is -0.325 e. The number of carbonyl (C=O) groups excluding carboxylic acids is 2. The Morgan fingerprint density at radius 2 is 2.07 bits per heavy atom. The predicted molar refractivity (Wildman–Crippen MR) is 54.8 cm³/mol. The Balaban J connectivity index is 1.96. The van der Waals surface area contributed by atoms with Crippen molar-refractivity contribution < 1.29 is 9.59 Å². The molecule has 5 heteroatoms. The molecule has 1 aliphatic heterocycles. The normalized spacial score (nSPS) is 19.7. The number of rotatable bonds is 2. The molecular formula is C10H11N3O2. The molecule has 1 aromatic carbocycles. The van der Waals surface area contributed by atoms with Crippen LogP contribution < -0.4 is 16.2 Å². The molecular weight excluding hydrogens is 194 g/mol. The molecule has 1 atom stereocenters. The van der Waals surface area contributed by atoms with Crippen LogP contribution in [0.5, 0.6) is 0 Å². The van der Waals surface area contributed by atoms with Crippen molar-refractivity contribution in [3.05, 3.63) is 30.3 Å². The van der Waals surface area contributed by atoms with E-state index < -0.39 is 6.04 Å². The van der Waals surface area contributed by atoms with Crippen LogP contribution in [-0.2, 0) is 9.59 Å². The molecule has 0 aliphatic carbocycles. The van der Waals surface area contributed by atoms with Crippen molar-refractivity contribution in [3.8, 4) is 0 Å². The Hall–Kier alpha value is -1.88. The first-order valence-electron chi connectivity index (χ1n) is 4.66. The molecule has 1 aliphatic rings. The number of para-hydroxylation sites is 1. The molecule has 0 spiro atoms. The molecule has 15 heavy (non-hydrogen) atoms. The van der Waals surface area contributed by atoms with Crippen LogP contribution in [0.2, 0.25) is 0 Å². The fourth-order valence-corrected chi connectivity index (χ4v) is 1.36. The van der Waals surface area contributed by atoms with Gasteiger partial charge in [-0.3, -0.25) is 15.0 Å². The molecule has 78 valence electrons. The molecule has 5 nitrogen and oxygen atoms in total. The van der Waals surface area contributed by atoms with Crippen LogP contribution in [0.15, 0.2) is 30.3 Å². The molecule has 0 aromatic heterocycles. The Morgan fingerprint density at radius 1 is 1.33 bits per heavy atom. The number of anilines is 1. The Kier molecular flexibility index (Phi) is 2.64. The van der Waals surface area contributed by atoms with E-state index in [9.17, 15) is 9.59 Å². The topological polar surface area (TPSA) is 70.2 Å². The highest BCUT2D eigenvalue weighted by Crippen LogP contribution is 2.07. The van der Waals surface area contributed by atoms with Crippen LogP contribution in [0, 0.1) is 0 Å². The highest BCUT2D eigenvalue weighted by atomic mass is 16.2. The Morgan fingerprint density at radius 3 is 2.67 bits per heavy atom. The van der Waals surface area contributed by atoms with Gasteiger partial charge >= 0.3 is 0 Å². The molecule has 2 rings (SSSR count). The van der Waals surface area contributed by atoms with Crippen LogP contribution in [0.4, 0.5) is 5.69 Å². The van der Waals surface area contributed by atoms with E-state index in [1.807, 2.05) is 18.2 Å². The fourth-order valence-electron chi connectivity index (χ4n) is 1.36. The molecule has 1 fully saturated rings. The number of hydrazine groups is 1. The second-order valence-corrected chi connectivity index (χ2v) is 3.30. The van der Waals surface area contributed by atoms with Gasteiger partial charge < -0.3 is 5.32 Å². The molecule has 0 saturated carbocycles. The van der Waals surface area contributed by atoms with Crippen molar-refractivity contribution in [3.63, 3.8) is 0 Å². The second-order valence-electron chi connectivity index (χ2n) is 3.30. The monoisotopic (exact) mass is 205 g/mol. The van der Waals surface area contributed by atoms with Gasteiger partial charge in [0, 0.05) is 5.69 Å². The summed E-state index contributed by atoms with van der Waals surface area (Å²) < 4.78 is 0. The zero-order valence-electron chi connectivity index (χ0n) is 7.99. The largest absolute Gasteiger partial charge is 0.325 e. The lowest BCUT2D eigenvalue weighted by atomic mass is 10.2. The molecule has 3 N–H and O–H groups in total. The third kappa shape index (κ3) is 2.32. The molecule has 1 saturated heterocycles.